The molecule has 0 spiro atoms. The average Bonchev–Trinajstić information content (AvgIpc) is 3.12. The Hall–Kier alpha value is -2.60. The Morgan fingerprint density at radius 1 is 1.08 bits per heavy atom. The van der Waals surface area contributed by atoms with Crippen LogP contribution < -0.4 is 5.32 Å². The van der Waals surface area contributed by atoms with Gasteiger partial charge in [0.25, 0.3) is 0 Å². The van der Waals surface area contributed by atoms with Gasteiger partial charge in [-0.3, -0.25) is 14.5 Å². The first kappa shape index (κ1) is 17.2. The maximum absolute atomic E-state index is 11.9. The van der Waals surface area contributed by atoms with Crippen molar-refractivity contribution in [3.05, 3.63) is 67.1 Å². The van der Waals surface area contributed by atoms with Crippen molar-refractivity contribution in [2.75, 3.05) is 12.3 Å². The lowest BCUT2D eigenvalue weighted by atomic mass is 10.2. The number of carbonyl (C=O) groups excluding carboxylic acids is 1. The van der Waals surface area contributed by atoms with Crippen molar-refractivity contribution in [2.45, 2.75) is 17.9 Å². The zero-order valence-corrected chi connectivity index (χ0v) is 14.7. The minimum atomic E-state index is 0.0740. The molecule has 0 fully saturated rings. The summed E-state index contributed by atoms with van der Waals surface area (Å²) in [7, 11) is 0. The molecule has 0 saturated heterocycles. The van der Waals surface area contributed by atoms with E-state index < -0.39 is 0 Å². The fourth-order valence-corrected chi connectivity index (χ4v) is 3.21. The highest BCUT2D eigenvalue weighted by Gasteiger charge is 2.04. The molecule has 5 nitrogen and oxygen atoms in total. The fourth-order valence-electron chi connectivity index (χ4n) is 2.34. The number of nitrogens with zero attached hydrogens (tertiary/aromatic N) is 3. The van der Waals surface area contributed by atoms with Gasteiger partial charge in [-0.1, -0.05) is 18.2 Å². The van der Waals surface area contributed by atoms with Crippen molar-refractivity contribution in [3.8, 4) is 11.3 Å². The van der Waals surface area contributed by atoms with E-state index in [2.05, 4.69) is 27.5 Å². The molecule has 1 amide bonds. The summed E-state index contributed by atoms with van der Waals surface area (Å²) >= 11 is 1.70. The second-order valence-electron chi connectivity index (χ2n) is 5.46. The Morgan fingerprint density at radius 2 is 1.88 bits per heavy atom. The van der Waals surface area contributed by atoms with Crippen LogP contribution in [0.25, 0.3) is 11.3 Å². The summed E-state index contributed by atoms with van der Waals surface area (Å²) in [5, 5.41) is 7.46. The number of carbonyl (C=O) groups is 1. The van der Waals surface area contributed by atoms with E-state index in [1.165, 1.54) is 4.90 Å². The molecule has 1 N–H and O–H groups in total. The molecule has 0 unspecified atom stereocenters. The number of benzene rings is 1. The molecule has 0 bridgehead atoms. The third-order valence-electron chi connectivity index (χ3n) is 3.62. The maximum Gasteiger partial charge on any atom is 0.220 e. The second-order valence-corrected chi connectivity index (χ2v) is 6.63. The largest absolute Gasteiger partial charge is 0.354 e. The number of nitrogens with one attached hydrogen (secondary N) is 1. The monoisotopic (exact) mass is 352 g/mol. The standard InChI is InChI=1S/C19H20N4OS/c24-19(9-15-25-17-4-2-1-3-5-17)21-12-14-23-13-8-18(22-23)16-6-10-20-11-7-16/h1-8,10-11,13H,9,12,14-15H2,(H,21,24). The SMILES string of the molecule is O=C(CCSc1ccccc1)NCCn1ccc(-c2ccncc2)n1. The molecule has 3 aromatic rings. The number of hydrogen-bond donors (Lipinski definition) is 1. The molecule has 0 saturated carbocycles. The van der Waals surface area contributed by atoms with Gasteiger partial charge < -0.3 is 5.32 Å². The van der Waals surface area contributed by atoms with Gasteiger partial charge in [-0.2, -0.15) is 5.10 Å². The molecule has 0 aliphatic heterocycles. The summed E-state index contributed by atoms with van der Waals surface area (Å²) in [5.41, 5.74) is 1.95. The first-order valence-corrected chi connectivity index (χ1v) is 9.18. The van der Waals surface area contributed by atoms with E-state index in [1.807, 2.05) is 47.3 Å². The molecule has 1 aromatic carbocycles. The van der Waals surface area contributed by atoms with Crippen molar-refractivity contribution < 1.29 is 4.79 Å². The normalized spacial score (nSPS) is 10.6. The van der Waals surface area contributed by atoms with Crippen molar-refractivity contribution in [1.29, 1.82) is 0 Å². The average molecular weight is 352 g/mol. The first-order chi connectivity index (χ1) is 12.3. The number of rotatable bonds is 8. The first-order valence-electron chi connectivity index (χ1n) is 8.20. The van der Waals surface area contributed by atoms with Gasteiger partial charge >= 0.3 is 0 Å². The Kier molecular flexibility index (Phi) is 6.23. The molecule has 0 aliphatic carbocycles. The van der Waals surface area contributed by atoms with Crippen LogP contribution in [0, 0.1) is 0 Å². The third-order valence-corrected chi connectivity index (χ3v) is 4.63. The van der Waals surface area contributed by atoms with Gasteiger partial charge in [0.2, 0.25) is 5.91 Å². The van der Waals surface area contributed by atoms with Crippen LogP contribution in [0.15, 0.2) is 72.0 Å². The Bertz CT molecular complexity index is 789. The molecule has 3 rings (SSSR count). The van der Waals surface area contributed by atoms with Crippen LogP contribution in [-0.4, -0.2) is 33.0 Å². The molecule has 0 radical (unpaired) electrons. The summed E-state index contributed by atoms with van der Waals surface area (Å²) < 4.78 is 1.84. The highest BCUT2D eigenvalue weighted by atomic mass is 32.2. The zero-order valence-electron chi connectivity index (χ0n) is 13.8. The maximum atomic E-state index is 11.9. The van der Waals surface area contributed by atoms with Gasteiger partial charge in [-0.25, -0.2) is 0 Å². The summed E-state index contributed by atoms with van der Waals surface area (Å²) in [6, 6.07) is 15.9. The van der Waals surface area contributed by atoms with Gasteiger partial charge in [-0.15, -0.1) is 11.8 Å². The van der Waals surface area contributed by atoms with E-state index in [0.717, 1.165) is 17.0 Å². The predicted octanol–water partition coefficient (Wildman–Crippen LogP) is 3.24. The molecule has 2 heterocycles. The van der Waals surface area contributed by atoms with E-state index in [-0.39, 0.29) is 5.91 Å². The molecule has 6 heteroatoms. The fraction of sp³-hybridized carbons (Fsp3) is 0.211. The lowest BCUT2D eigenvalue weighted by molar-refractivity contribution is -0.120. The van der Waals surface area contributed by atoms with Crippen molar-refractivity contribution >= 4 is 17.7 Å². The van der Waals surface area contributed by atoms with E-state index >= 15 is 0 Å². The van der Waals surface area contributed by atoms with E-state index in [9.17, 15) is 4.79 Å². The lowest BCUT2D eigenvalue weighted by Crippen LogP contribution is -2.27. The minimum absolute atomic E-state index is 0.0740. The van der Waals surface area contributed by atoms with Gasteiger partial charge in [-0.05, 0) is 30.3 Å². The van der Waals surface area contributed by atoms with E-state index in [0.29, 0.717) is 19.5 Å². The van der Waals surface area contributed by atoms with Crippen molar-refractivity contribution in [2.24, 2.45) is 0 Å². The highest BCUT2D eigenvalue weighted by Crippen LogP contribution is 2.17. The number of aromatic nitrogens is 3. The smallest absolute Gasteiger partial charge is 0.220 e. The number of amides is 1. The molecule has 0 atom stereocenters. The summed E-state index contributed by atoms with van der Waals surface area (Å²) in [4.78, 5) is 17.1. The van der Waals surface area contributed by atoms with Crippen LogP contribution in [0.5, 0.6) is 0 Å². The second kappa shape index (κ2) is 9.03. The van der Waals surface area contributed by atoms with Gasteiger partial charge in [0, 0.05) is 47.8 Å². The Balaban J connectivity index is 1.36. The van der Waals surface area contributed by atoms with E-state index in [1.54, 1.807) is 24.2 Å². The molecule has 2 aromatic heterocycles. The van der Waals surface area contributed by atoms with Crippen LogP contribution in [0.3, 0.4) is 0 Å². The zero-order chi connectivity index (χ0) is 17.3. The van der Waals surface area contributed by atoms with Gasteiger partial charge in [0.1, 0.15) is 0 Å². The number of thioether (sulfide) groups is 1. The molecule has 128 valence electrons. The van der Waals surface area contributed by atoms with Crippen LogP contribution in [0.1, 0.15) is 6.42 Å². The van der Waals surface area contributed by atoms with Crippen molar-refractivity contribution in [1.82, 2.24) is 20.1 Å². The summed E-state index contributed by atoms with van der Waals surface area (Å²) in [5.74, 6) is 0.856. The third kappa shape index (κ3) is 5.46. The van der Waals surface area contributed by atoms with E-state index in [4.69, 9.17) is 0 Å². The van der Waals surface area contributed by atoms with Gasteiger partial charge in [0.15, 0.2) is 0 Å². The quantitative estimate of drug-likeness (QED) is 0.632. The molecular formula is C19H20N4OS. The Morgan fingerprint density at radius 3 is 2.68 bits per heavy atom. The molecule has 0 aliphatic rings. The van der Waals surface area contributed by atoms with Crippen molar-refractivity contribution in [3.63, 3.8) is 0 Å². The van der Waals surface area contributed by atoms with Gasteiger partial charge in [0.05, 0.1) is 12.2 Å². The number of hydrogen-bond acceptors (Lipinski definition) is 4. The predicted molar refractivity (Wildman–Crippen MR) is 100 cm³/mol. The molecular weight excluding hydrogens is 332 g/mol. The Labute approximate surface area is 151 Å². The lowest BCUT2D eigenvalue weighted by Gasteiger charge is -2.05. The van der Waals surface area contributed by atoms with Crippen LogP contribution in [0.4, 0.5) is 0 Å². The summed E-state index contributed by atoms with van der Waals surface area (Å²) in [6.07, 6.45) is 5.94. The number of pyridine rings is 1. The van der Waals surface area contributed by atoms with Crippen LogP contribution >= 0.6 is 11.8 Å². The highest BCUT2D eigenvalue weighted by molar-refractivity contribution is 7.99. The minimum Gasteiger partial charge on any atom is -0.354 e. The summed E-state index contributed by atoms with van der Waals surface area (Å²) in [6.45, 7) is 1.23. The molecule has 25 heavy (non-hydrogen) atoms. The van der Waals surface area contributed by atoms with Crippen LogP contribution in [-0.2, 0) is 11.3 Å². The topological polar surface area (TPSA) is 59.8 Å². The van der Waals surface area contributed by atoms with Crippen LogP contribution in [0.2, 0.25) is 0 Å².